The van der Waals surface area contributed by atoms with E-state index in [1.54, 1.807) is 0 Å². The predicted octanol–water partition coefficient (Wildman–Crippen LogP) is 2.92. The number of hydrogen-bond donors (Lipinski definition) is 2. The first-order valence-corrected chi connectivity index (χ1v) is 6.71. The molecule has 6 nitrogen and oxygen atoms in total. The number of nitro benzene ring substituents is 1. The lowest BCUT2D eigenvalue weighted by Crippen LogP contribution is -2.49. The maximum atomic E-state index is 12.0. The summed E-state index contributed by atoms with van der Waals surface area (Å²) in [6.45, 7) is 4.12. The summed E-state index contributed by atoms with van der Waals surface area (Å²) in [5.41, 5.74) is 5.24. The van der Waals surface area contributed by atoms with E-state index >= 15 is 0 Å². The van der Waals surface area contributed by atoms with Gasteiger partial charge in [0.15, 0.2) is 0 Å². The SMILES string of the molecule is CCC(N)(CC)CNC(=O)c1ccc(Cl)cc1[N+](=O)[O-].Cl. The van der Waals surface area contributed by atoms with Gasteiger partial charge in [-0.15, -0.1) is 12.4 Å². The van der Waals surface area contributed by atoms with Crippen molar-refractivity contribution < 1.29 is 9.72 Å². The minimum Gasteiger partial charge on any atom is -0.350 e. The lowest BCUT2D eigenvalue weighted by Gasteiger charge is -2.26. The molecule has 3 N–H and O–H groups in total. The molecular formula is C13H19Cl2N3O3. The largest absolute Gasteiger partial charge is 0.350 e. The van der Waals surface area contributed by atoms with E-state index < -0.39 is 16.4 Å². The average Bonchev–Trinajstić information content (AvgIpc) is 2.44. The summed E-state index contributed by atoms with van der Waals surface area (Å²) < 4.78 is 0. The number of nitrogens with two attached hydrogens (primary N) is 1. The number of hydrogen-bond acceptors (Lipinski definition) is 4. The van der Waals surface area contributed by atoms with Gasteiger partial charge < -0.3 is 11.1 Å². The van der Waals surface area contributed by atoms with Crippen LogP contribution in [0.25, 0.3) is 0 Å². The number of nitrogens with one attached hydrogen (secondary N) is 1. The third kappa shape index (κ3) is 5.15. The molecule has 0 atom stereocenters. The first kappa shape index (κ1) is 19.6. The topological polar surface area (TPSA) is 98.3 Å². The van der Waals surface area contributed by atoms with E-state index in [0.29, 0.717) is 12.8 Å². The zero-order chi connectivity index (χ0) is 15.3. The minimum atomic E-state index is -0.629. The standard InChI is InChI=1S/C13H18ClN3O3.ClH/c1-3-13(15,4-2)8-16-12(18)10-6-5-9(14)7-11(10)17(19)20;/h5-7H,3-4,8,15H2,1-2H3,(H,16,18);1H. The molecule has 0 radical (unpaired) electrons. The van der Waals surface area contributed by atoms with E-state index in [-0.39, 0.29) is 35.2 Å². The van der Waals surface area contributed by atoms with Crippen LogP contribution >= 0.6 is 24.0 Å². The van der Waals surface area contributed by atoms with Gasteiger partial charge in [-0.05, 0) is 25.0 Å². The second-order valence-corrected chi connectivity index (χ2v) is 5.11. The van der Waals surface area contributed by atoms with Crippen molar-refractivity contribution in [2.24, 2.45) is 5.73 Å². The maximum absolute atomic E-state index is 12.0. The molecular weight excluding hydrogens is 317 g/mol. The van der Waals surface area contributed by atoms with Gasteiger partial charge in [-0.3, -0.25) is 14.9 Å². The number of nitrogens with zero attached hydrogens (tertiary/aromatic N) is 1. The molecule has 0 bridgehead atoms. The fraction of sp³-hybridized carbons (Fsp3) is 0.462. The fourth-order valence-electron chi connectivity index (χ4n) is 1.70. The molecule has 0 aliphatic heterocycles. The van der Waals surface area contributed by atoms with Crippen molar-refractivity contribution in [3.63, 3.8) is 0 Å². The van der Waals surface area contributed by atoms with Crippen LogP contribution in [0.2, 0.25) is 5.02 Å². The molecule has 8 heteroatoms. The van der Waals surface area contributed by atoms with Crippen LogP contribution in [0.15, 0.2) is 18.2 Å². The Morgan fingerprint density at radius 1 is 1.43 bits per heavy atom. The Morgan fingerprint density at radius 2 is 2.00 bits per heavy atom. The lowest BCUT2D eigenvalue weighted by atomic mass is 9.94. The summed E-state index contributed by atoms with van der Waals surface area (Å²) in [5, 5.41) is 13.8. The Kier molecular flexibility index (Phi) is 7.63. The Bertz CT molecular complexity index is 519. The van der Waals surface area contributed by atoms with Crippen molar-refractivity contribution in [2.75, 3.05) is 6.54 Å². The van der Waals surface area contributed by atoms with E-state index in [1.165, 1.54) is 12.1 Å². The molecule has 0 aliphatic rings. The maximum Gasteiger partial charge on any atom is 0.283 e. The highest BCUT2D eigenvalue weighted by Crippen LogP contribution is 2.23. The molecule has 1 rings (SSSR count). The Labute approximate surface area is 134 Å². The van der Waals surface area contributed by atoms with E-state index in [2.05, 4.69) is 5.32 Å². The van der Waals surface area contributed by atoms with Crippen LogP contribution in [0, 0.1) is 10.1 Å². The number of carbonyl (C=O) groups is 1. The Morgan fingerprint density at radius 3 is 2.48 bits per heavy atom. The van der Waals surface area contributed by atoms with Crippen LogP contribution in [0.3, 0.4) is 0 Å². The van der Waals surface area contributed by atoms with Crippen molar-refractivity contribution in [1.82, 2.24) is 5.32 Å². The third-order valence-corrected chi connectivity index (χ3v) is 3.65. The number of halogens is 2. The number of rotatable bonds is 6. The zero-order valence-electron chi connectivity index (χ0n) is 11.9. The van der Waals surface area contributed by atoms with Gasteiger partial charge in [0.25, 0.3) is 11.6 Å². The highest BCUT2D eigenvalue weighted by molar-refractivity contribution is 6.31. The van der Waals surface area contributed by atoms with Crippen molar-refractivity contribution in [1.29, 1.82) is 0 Å². The number of nitro groups is 1. The highest BCUT2D eigenvalue weighted by atomic mass is 35.5. The van der Waals surface area contributed by atoms with E-state index in [0.717, 1.165) is 6.07 Å². The van der Waals surface area contributed by atoms with Crippen molar-refractivity contribution >= 4 is 35.6 Å². The summed E-state index contributed by atoms with van der Waals surface area (Å²) >= 11 is 5.70. The third-order valence-electron chi connectivity index (χ3n) is 3.41. The second-order valence-electron chi connectivity index (χ2n) is 4.67. The van der Waals surface area contributed by atoms with E-state index in [9.17, 15) is 14.9 Å². The molecule has 1 aromatic carbocycles. The van der Waals surface area contributed by atoms with Crippen LogP contribution < -0.4 is 11.1 Å². The number of benzene rings is 1. The van der Waals surface area contributed by atoms with Crippen molar-refractivity contribution in [3.8, 4) is 0 Å². The lowest BCUT2D eigenvalue weighted by molar-refractivity contribution is -0.385. The van der Waals surface area contributed by atoms with Crippen LogP contribution in [0.5, 0.6) is 0 Å². The molecule has 21 heavy (non-hydrogen) atoms. The van der Waals surface area contributed by atoms with Gasteiger partial charge in [-0.1, -0.05) is 25.4 Å². The normalized spacial score (nSPS) is 10.7. The van der Waals surface area contributed by atoms with Gasteiger partial charge in [0.2, 0.25) is 0 Å². The van der Waals surface area contributed by atoms with E-state index in [1.807, 2.05) is 13.8 Å². The monoisotopic (exact) mass is 335 g/mol. The summed E-state index contributed by atoms with van der Waals surface area (Å²) in [5.74, 6) is -0.523. The molecule has 0 aliphatic carbocycles. The number of amides is 1. The molecule has 0 spiro atoms. The molecule has 1 amide bonds. The van der Waals surface area contributed by atoms with Crippen LogP contribution in [0.1, 0.15) is 37.0 Å². The quantitative estimate of drug-likeness (QED) is 0.616. The van der Waals surface area contributed by atoms with Crippen LogP contribution in [-0.4, -0.2) is 22.9 Å². The molecule has 118 valence electrons. The molecule has 0 saturated heterocycles. The molecule has 0 unspecified atom stereocenters. The van der Waals surface area contributed by atoms with Gasteiger partial charge in [0, 0.05) is 23.2 Å². The minimum absolute atomic E-state index is 0. The summed E-state index contributed by atoms with van der Waals surface area (Å²) in [7, 11) is 0. The van der Waals surface area contributed by atoms with Crippen LogP contribution in [-0.2, 0) is 0 Å². The van der Waals surface area contributed by atoms with E-state index in [4.69, 9.17) is 17.3 Å². The number of carbonyl (C=O) groups excluding carboxylic acids is 1. The second kappa shape index (κ2) is 8.17. The first-order valence-electron chi connectivity index (χ1n) is 6.34. The highest BCUT2D eigenvalue weighted by Gasteiger charge is 2.24. The first-order chi connectivity index (χ1) is 9.33. The zero-order valence-corrected chi connectivity index (χ0v) is 13.5. The van der Waals surface area contributed by atoms with Gasteiger partial charge in [0.05, 0.1) is 4.92 Å². The predicted molar refractivity (Wildman–Crippen MR) is 85.2 cm³/mol. The summed E-state index contributed by atoms with van der Waals surface area (Å²) in [4.78, 5) is 22.4. The Hall–Kier alpha value is -1.37. The van der Waals surface area contributed by atoms with Gasteiger partial charge in [0.1, 0.15) is 5.56 Å². The molecule has 0 heterocycles. The summed E-state index contributed by atoms with van der Waals surface area (Å²) in [6.07, 6.45) is 1.40. The Balaban J connectivity index is 0.00000400. The average molecular weight is 336 g/mol. The summed E-state index contributed by atoms with van der Waals surface area (Å²) in [6, 6.07) is 3.94. The molecule has 0 saturated carbocycles. The molecule has 0 fully saturated rings. The van der Waals surface area contributed by atoms with Gasteiger partial charge >= 0.3 is 0 Å². The molecule has 1 aromatic rings. The smallest absolute Gasteiger partial charge is 0.283 e. The van der Waals surface area contributed by atoms with Gasteiger partial charge in [-0.2, -0.15) is 0 Å². The van der Waals surface area contributed by atoms with Crippen LogP contribution in [0.4, 0.5) is 5.69 Å². The molecule has 0 aromatic heterocycles. The fourth-order valence-corrected chi connectivity index (χ4v) is 1.87. The van der Waals surface area contributed by atoms with Crippen molar-refractivity contribution in [3.05, 3.63) is 38.9 Å². The van der Waals surface area contributed by atoms with Gasteiger partial charge in [-0.25, -0.2) is 0 Å². The van der Waals surface area contributed by atoms with Crippen molar-refractivity contribution in [2.45, 2.75) is 32.2 Å².